The quantitative estimate of drug-likeness (QED) is 0.143. The van der Waals surface area contributed by atoms with Crippen LogP contribution in [0.4, 0.5) is 34.1 Å². The van der Waals surface area contributed by atoms with Crippen LogP contribution < -0.4 is 10.2 Å². The average Bonchev–Trinajstić information content (AvgIpc) is 3.10. The number of nitro benzene ring substituents is 1. The van der Waals surface area contributed by atoms with Gasteiger partial charge in [-0.15, -0.1) is 0 Å². The molecule has 0 aromatic heterocycles. The van der Waals surface area contributed by atoms with Crippen molar-refractivity contribution in [3.8, 4) is 22.3 Å². The van der Waals surface area contributed by atoms with Crippen molar-refractivity contribution < 1.29 is 4.92 Å². The zero-order valence-electron chi connectivity index (χ0n) is 24.4. The smallest absolute Gasteiger partial charge is 0.269 e. The lowest BCUT2D eigenvalue weighted by molar-refractivity contribution is -0.384. The molecule has 0 fully saturated rings. The van der Waals surface area contributed by atoms with Gasteiger partial charge in [-0.05, 0) is 93.7 Å². The Labute approximate surface area is 261 Å². The molecule has 0 saturated carbocycles. The number of anilines is 5. The van der Waals surface area contributed by atoms with Crippen molar-refractivity contribution in [2.45, 2.75) is 0 Å². The van der Waals surface area contributed by atoms with Crippen LogP contribution in [0.1, 0.15) is 0 Å². The number of rotatable bonds is 8. The summed E-state index contributed by atoms with van der Waals surface area (Å²) < 4.78 is 0. The van der Waals surface area contributed by atoms with Crippen LogP contribution in [0.25, 0.3) is 33.0 Å². The standard InChI is InChI=1S/C40H29N3O2/c44-43(45)38-25-20-36(21-26-38)41-35-18-13-31(14-19-35)32-15-22-37(23-16-32)42(40-24-17-30-9-4-5-10-33(30)28-40)39-12-6-11-34(27-39)29-7-2-1-3-8-29/h1-28,41H. The third-order valence-corrected chi connectivity index (χ3v) is 7.91. The van der Waals surface area contributed by atoms with E-state index in [-0.39, 0.29) is 5.69 Å². The first-order valence-electron chi connectivity index (χ1n) is 14.8. The van der Waals surface area contributed by atoms with Crippen molar-refractivity contribution in [1.29, 1.82) is 0 Å². The first kappa shape index (κ1) is 27.6. The second-order valence-corrected chi connectivity index (χ2v) is 10.8. The molecular weight excluding hydrogens is 554 g/mol. The van der Waals surface area contributed by atoms with Crippen molar-refractivity contribution in [2.24, 2.45) is 0 Å². The molecule has 0 bridgehead atoms. The number of non-ortho nitro benzene ring substituents is 1. The molecule has 0 heterocycles. The molecule has 0 amide bonds. The molecule has 0 aliphatic heterocycles. The van der Waals surface area contributed by atoms with Gasteiger partial charge in [0.2, 0.25) is 0 Å². The van der Waals surface area contributed by atoms with Crippen LogP contribution in [-0.4, -0.2) is 4.92 Å². The zero-order chi connectivity index (χ0) is 30.6. The van der Waals surface area contributed by atoms with Gasteiger partial charge in [0.25, 0.3) is 5.69 Å². The van der Waals surface area contributed by atoms with Gasteiger partial charge in [0.15, 0.2) is 0 Å². The van der Waals surface area contributed by atoms with Gasteiger partial charge in [0, 0.05) is 40.6 Å². The van der Waals surface area contributed by atoms with E-state index in [0.29, 0.717) is 0 Å². The van der Waals surface area contributed by atoms with Gasteiger partial charge in [0.05, 0.1) is 4.92 Å². The number of hydrogen-bond acceptors (Lipinski definition) is 4. The molecule has 0 atom stereocenters. The molecule has 5 heteroatoms. The molecule has 0 unspecified atom stereocenters. The van der Waals surface area contributed by atoms with Gasteiger partial charge in [0.1, 0.15) is 0 Å². The largest absolute Gasteiger partial charge is 0.356 e. The fourth-order valence-electron chi connectivity index (χ4n) is 5.60. The zero-order valence-corrected chi connectivity index (χ0v) is 24.4. The summed E-state index contributed by atoms with van der Waals surface area (Å²) in [4.78, 5) is 12.9. The molecule has 0 aliphatic carbocycles. The van der Waals surface area contributed by atoms with Crippen molar-refractivity contribution in [2.75, 3.05) is 10.2 Å². The van der Waals surface area contributed by atoms with Crippen LogP contribution >= 0.6 is 0 Å². The summed E-state index contributed by atoms with van der Waals surface area (Å²) >= 11 is 0. The molecule has 7 aromatic carbocycles. The second kappa shape index (κ2) is 12.2. The minimum atomic E-state index is -0.396. The normalized spacial score (nSPS) is 10.8. The summed E-state index contributed by atoms with van der Waals surface area (Å²) in [6.07, 6.45) is 0. The summed E-state index contributed by atoms with van der Waals surface area (Å²) in [5, 5.41) is 16.7. The van der Waals surface area contributed by atoms with E-state index in [9.17, 15) is 10.1 Å². The van der Waals surface area contributed by atoms with Crippen LogP contribution in [-0.2, 0) is 0 Å². The molecule has 216 valence electrons. The number of nitrogens with one attached hydrogen (secondary N) is 1. The van der Waals surface area contributed by atoms with E-state index in [4.69, 9.17) is 0 Å². The Morgan fingerprint density at radius 1 is 0.444 bits per heavy atom. The van der Waals surface area contributed by atoms with Crippen molar-refractivity contribution >= 4 is 44.9 Å². The highest BCUT2D eigenvalue weighted by atomic mass is 16.6. The molecular formula is C40H29N3O2. The second-order valence-electron chi connectivity index (χ2n) is 10.8. The van der Waals surface area contributed by atoms with Gasteiger partial charge in [-0.25, -0.2) is 0 Å². The minimum Gasteiger partial charge on any atom is -0.356 e. The van der Waals surface area contributed by atoms with Crippen LogP contribution in [0.5, 0.6) is 0 Å². The maximum Gasteiger partial charge on any atom is 0.269 e. The topological polar surface area (TPSA) is 58.4 Å². The fourth-order valence-corrected chi connectivity index (χ4v) is 5.60. The van der Waals surface area contributed by atoms with Gasteiger partial charge in [-0.3, -0.25) is 10.1 Å². The van der Waals surface area contributed by atoms with Crippen molar-refractivity contribution in [3.05, 3.63) is 180 Å². The minimum absolute atomic E-state index is 0.0717. The third kappa shape index (κ3) is 6.01. The fraction of sp³-hybridized carbons (Fsp3) is 0. The highest BCUT2D eigenvalue weighted by Gasteiger charge is 2.15. The molecule has 0 saturated heterocycles. The van der Waals surface area contributed by atoms with E-state index >= 15 is 0 Å². The van der Waals surface area contributed by atoms with Gasteiger partial charge in [-0.1, -0.05) is 97.1 Å². The van der Waals surface area contributed by atoms with Gasteiger partial charge < -0.3 is 10.2 Å². The predicted octanol–water partition coefficient (Wildman–Crippen LogP) is 11.3. The molecule has 0 aliphatic rings. The Kier molecular flexibility index (Phi) is 7.48. The maximum absolute atomic E-state index is 10.9. The van der Waals surface area contributed by atoms with Crippen LogP contribution in [0.2, 0.25) is 0 Å². The monoisotopic (exact) mass is 583 g/mol. The number of fused-ring (bicyclic) bond motifs is 1. The summed E-state index contributed by atoms with van der Waals surface area (Å²) in [6, 6.07) is 57.4. The molecule has 7 rings (SSSR count). The average molecular weight is 584 g/mol. The van der Waals surface area contributed by atoms with E-state index in [1.54, 1.807) is 12.1 Å². The van der Waals surface area contributed by atoms with Crippen LogP contribution in [0.15, 0.2) is 170 Å². The summed E-state index contributed by atoms with van der Waals surface area (Å²) in [5.74, 6) is 0. The van der Waals surface area contributed by atoms with Crippen molar-refractivity contribution in [3.63, 3.8) is 0 Å². The molecule has 0 spiro atoms. The van der Waals surface area contributed by atoms with Crippen LogP contribution in [0.3, 0.4) is 0 Å². The number of hydrogen-bond donors (Lipinski definition) is 1. The molecule has 5 nitrogen and oxygen atoms in total. The molecule has 7 aromatic rings. The summed E-state index contributed by atoms with van der Waals surface area (Å²) in [5.41, 5.74) is 9.56. The number of benzene rings is 7. The van der Waals surface area contributed by atoms with E-state index in [1.807, 2.05) is 18.2 Å². The lowest BCUT2D eigenvalue weighted by Crippen LogP contribution is -2.10. The summed E-state index contributed by atoms with van der Waals surface area (Å²) in [7, 11) is 0. The third-order valence-electron chi connectivity index (χ3n) is 7.91. The lowest BCUT2D eigenvalue weighted by atomic mass is 10.0. The number of nitrogens with zero attached hydrogens (tertiary/aromatic N) is 2. The molecule has 45 heavy (non-hydrogen) atoms. The van der Waals surface area contributed by atoms with E-state index in [0.717, 1.165) is 45.1 Å². The van der Waals surface area contributed by atoms with E-state index in [1.165, 1.54) is 28.5 Å². The molecule has 0 radical (unpaired) electrons. The highest BCUT2D eigenvalue weighted by molar-refractivity contribution is 5.90. The Morgan fingerprint density at radius 2 is 0.978 bits per heavy atom. The highest BCUT2D eigenvalue weighted by Crippen LogP contribution is 2.38. The summed E-state index contributed by atoms with van der Waals surface area (Å²) in [6.45, 7) is 0. The Hall–Kier alpha value is -6.20. The number of nitro groups is 1. The van der Waals surface area contributed by atoms with Crippen molar-refractivity contribution in [1.82, 2.24) is 0 Å². The molecule has 1 N–H and O–H groups in total. The first-order chi connectivity index (χ1) is 22.1. The van der Waals surface area contributed by atoms with E-state index < -0.39 is 4.92 Å². The SMILES string of the molecule is O=[N+]([O-])c1ccc(Nc2ccc(-c3ccc(N(c4cccc(-c5ccccc5)c4)c4ccc5ccccc5c4)cc3)cc2)cc1. The Balaban J connectivity index is 1.19. The van der Waals surface area contributed by atoms with Crippen LogP contribution in [0, 0.1) is 10.1 Å². The van der Waals surface area contributed by atoms with E-state index in [2.05, 4.69) is 138 Å². The first-order valence-corrected chi connectivity index (χ1v) is 14.8. The lowest BCUT2D eigenvalue weighted by Gasteiger charge is -2.26. The van der Waals surface area contributed by atoms with Gasteiger partial charge >= 0.3 is 0 Å². The van der Waals surface area contributed by atoms with Gasteiger partial charge in [-0.2, -0.15) is 0 Å². The Morgan fingerprint density at radius 3 is 1.67 bits per heavy atom. The maximum atomic E-state index is 10.9. The predicted molar refractivity (Wildman–Crippen MR) is 186 cm³/mol. The Bertz CT molecular complexity index is 2090.